The lowest BCUT2D eigenvalue weighted by Crippen LogP contribution is -2.14. The van der Waals surface area contributed by atoms with Gasteiger partial charge in [0.05, 0.1) is 11.1 Å². The Hall–Kier alpha value is -3.42. The molecule has 4 aromatic rings. The molecule has 0 N–H and O–H groups in total. The van der Waals surface area contributed by atoms with E-state index in [0.717, 1.165) is 19.0 Å². The summed E-state index contributed by atoms with van der Waals surface area (Å²) in [6, 6.07) is 18.6. The number of nitrogens with zero attached hydrogens (tertiary/aromatic N) is 2. The summed E-state index contributed by atoms with van der Waals surface area (Å²) >= 11 is 6.01. The number of hydrogen-bond acceptors (Lipinski definition) is 4. The molecule has 8 heteroatoms. The van der Waals surface area contributed by atoms with E-state index in [1.165, 1.54) is 12.1 Å². The van der Waals surface area contributed by atoms with Gasteiger partial charge in [-0.3, -0.25) is 4.79 Å². The zero-order valence-corrected chi connectivity index (χ0v) is 20.5. The van der Waals surface area contributed by atoms with E-state index in [9.17, 15) is 18.0 Å². The normalized spacial score (nSPS) is 11.8. The molecular formula is C28H24ClF3N2O2. The highest BCUT2D eigenvalue weighted by atomic mass is 35.5. The molecule has 3 aromatic carbocycles. The first kappa shape index (κ1) is 25.7. The molecule has 0 atom stereocenters. The Morgan fingerprint density at radius 2 is 1.58 bits per heavy atom. The lowest BCUT2D eigenvalue weighted by atomic mass is 9.92. The van der Waals surface area contributed by atoms with Crippen LogP contribution in [0.25, 0.3) is 33.7 Å². The maximum Gasteiger partial charge on any atom is 0.417 e. The van der Waals surface area contributed by atoms with Crippen LogP contribution in [0, 0.1) is 0 Å². The SMILES string of the molecule is CN(C)CCCC(=O)c1ccc(-c2onc(-c3ccc(Cl)cc3)c2-c2ccccc2C(F)(F)F)cc1. The summed E-state index contributed by atoms with van der Waals surface area (Å²) in [4.78, 5) is 14.6. The molecule has 0 aliphatic heterocycles. The van der Waals surface area contributed by atoms with E-state index in [1.807, 2.05) is 19.0 Å². The number of carbonyl (C=O) groups excluding carboxylic acids is 1. The minimum absolute atomic E-state index is 0.00506. The summed E-state index contributed by atoms with van der Waals surface area (Å²) in [5.41, 5.74) is 1.26. The van der Waals surface area contributed by atoms with Crippen LogP contribution in [0.5, 0.6) is 0 Å². The number of alkyl halides is 3. The molecular weight excluding hydrogens is 489 g/mol. The Labute approximate surface area is 212 Å². The van der Waals surface area contributed by atoms with Gasteiger partial charge in [-0.05, 0) is 45.3 Å². The predicted octanol–water partition coefficient (Wildman–Crippen LogP) is 7.87. The molecule has 4 nitrogen and oxygen atoms in total. The first-order valence-corrected chi connectivity index (χ1v) is 11.7. The number of benzene rings is 3. The third-order valence-electron chi connectivity index (χ3n) is 5.79. The second-order valence-corrected chi connectivity index (χ2v) is 9.13. The van der Waals surface area contributed by atoms with Crippen molar-refractivity contribution in [3.8, 4) is 33.7 Å². The number of hydrogen-bond donors (Lipinski definition) is 0. The molecule has 36 heavy (non-hydrogen) atoms. The highest BCUT2D eigenvalue weighted by Gasteiger charge is 2.35. The average molecular weight is 513 g/mol. The molecule has 0 aliphatic rings. The second-order valence-electron chi connectivity index (χ2n) is 8.69. The Morgan fingerprint density at radius 1 is 0.944 bits per heavy atom. The third kappa shape index (κ3) is 5.69. The van der Waals surface area contributed by atoms with E-state index in [4.69, 9.17) is 16.1 Å². The summed E-state index contributed by atoms with van der Waals surface area (Å²) in [5.74, 6) is 0.189. The summed E-state index contributed by atoms with van der Waals surface area (Å²) in [5, 5.41) is 4.64. The van der Waals surface area contributed by atoms with Gasteiger partial charge in [0, 0.05) is 33.7 Å². The van der Waals surface area contributed by atoms with E-state index in [-0.39, 0.29) is 28.4 Å². The van der Waals surface area contributed by atoms with Gasteiger partial charge in [0.15, 0.2) is 11.5 Å². The van der Waals surface area contributed by atoms with E-state index < -0.39 is 11.7 Å². The second kappa shape index (κ2) is 10.7. The number of rotatable bonds is 8. The lowest BCUT2D eigenvalue weighted by molar-refractivity contribution is -0.137. The molecule has 4 rings (SSSR count). The zero-order valence-electron chi connectivity index (χ0n) is 19.8. The van der Waals surface area contributed by atoms with Crippen LogP contribution in [0.15, 0.2) is 77.3 Å². The standard InChI is InChI=1S/C28H24ClF3N2O2/c1-34(2)17-5-8-24(35)18-9-11-20(12-10-18)27-25(22-6-3-4-7-23(22)28(30,31)32)26(33-36-27)19-13-15-21(29)16-14-19/h3-4,6-7,9-16H,5,8,17H2,1-2H3. The predicted molar refractivity (Wildman–Crippen MR) is 135 cm³/mol. The van der Waals surface area contributed by atoms with Gasteiger partial charge in [0.1, 0.15) is 5.69 Å². The van der Waals surface area contributed by atoms with Gasteiger partial charge in [-0.15, -0.1) is 0 Å². The number of aromatic nitrogens is 1. The van der Waals surface area contributed by atoms with Crippen molar-refractivity contribution in [1.82, 2.24) is 10.1 Å². The Kier molecular flexibility index (Phi) is 7.62. The molecule has 186 valence electrons. The summed E-state index contributed by atoms with van der Waals surface area (Å²) in [7, 11) is 3.90. The number of carbonyl (C=O) groups is 1. The Morgan fingerprint density at radius 3 is 2.22 bits per heavy atom. The van der Waals surface area contributed by atoms with Crippen molar-refractivity contribution in [3.05, 3.63) is 88.9 Å². The third-order valence-corrected chi connectivity index (χ3v) is 6.04. The molecule has 0 radical (unpaired) electrons. The quantitative estimate of drug-likeness (QED) is 0.225. The monoisotopic (exact) mass is 512 g/mol. The van der Waals surface area contributed by atoms with E-state index >= 15 is 0 Å². The van der Waals surface area contributed by atoms with Gasteiger partial charge in [-0.25, -0.2) is 0 Å². The maximum absolute atomic E-state index is 13.9. The molecule has 0 aliphatic carbocycles. The molecule has 0 amide bonds. The first-order chi connectivity index (χ1) is 17.1. The molecule has 1 aromatic heterocycles. The van der Waals surface area contributed by atoms with Gasteiger partial charge in [0.25, 0.3) is 0 Å². The van der Waals surface area contributed by atoms with E-state index in [1.54, 1.807) is 54.6 Å². The van der Waals surface area contributed by atoms with Crippen molar-refractivity contribution < 1.29 is 22.5 Å². The van der Waals surface area contributed by atoms with Gasteiger partial charge in [-0.2, -0.15) is 13.2 Å². The number of ketones is 1. The highest BCUT2D eigenvalue weighted by molar-refractivity contribution is 6.30. The van der Waals surface area contributed by atoms with Gasteiger partial charge < -0.3 is 9.42 Å². The smallest absolute Gasteiger partial charge is 0.355 e. The van der Waals surface area contributed by atoms with Crippen molar-refractivity contribution in [2.75, 3.05) is 20.6 Å². The van der Waals surface area contributed by atoms with E-state index in [0.29, 0.717) is 28.1 Å². The van der Waals surface area contributed by atoms with Gasteiger partial charge >= 0.3 is 6.18 Å². The van der Waals surface area contributed by atoms with Crippen LogP contribution >= 0.6 is 11.6 Å². The fraction of sp³-hybridized carbons (Fsp3) is 0.214. The van der Waals surface area contributed by atoms with Crippen LogP contribution in [0.3, 0.4) is 0 Å². The maximum atomic E-state index is 13.9. The summed E-state index contributed by atoms with van der Waals surface area (Å²) < 4.78 is 47.5. The first-order valence-electron chi connectivity index (χ1n) is 11.4. The number of halogens is 4. The highest BCUT2D eigenvalue weighted by Crippen LogP contribution is 2.45. The largest absolute Gasteiger partial charge is 0.417 e. The Balaban J connectivity index is 1.79. The van der Waals surface area contributed by atoms with Crippen molar-refractivity contribution in [2.45, 2.75) is 19.0 Å². The minimum atomic E-state index is -4.58. The Bertz CT molecular complexity index is 1340. The van der Waals surface area contributed by atoms with Crippen LogP contribution in [-0.2, 0) is 6.18 Å². The van der Waals surface area contributed by atoms with Crippen molar-refractivity contribution in [2.24, 2.45) is 0 Å². The molecule has 0 saturated carbocycles. The van der Waals surface area contributed by atoms with Crippen molar-refractivity contribution in [3.63, 3.8) is 0 Å². The topological polar surface area (TPSA) is 46.3 Å². The van der Waals surface area contributed by atoms with Crippen LogP contribution in [0.2, 0.25) is 5.02 Å². The fourth-order valence-corrected chi connectivity index (χ4v) is 4.12. The molecule has 0 saturated heterocycles. The zero-order chi connectivity index (χ0) is 25.9. The average Bonchev–Trinajstić information content (AvgIpc) is 3.29. The van der Waals surface area contributed by atoms with Gasteiger partial charge in [0.2, 0.25) is 0 Å². The lowest BCUT2D eigenvalue weighted by Gasteiger charge is -2.14. The van der Waals surface area contributed by atoms with Crippen LogP contribution in [0.1, 0.15) is 28.8 Å². The van der Waals surface area contributed by atoms with Crippen molar-refractivity contribution >= 4 is 17.4 Å². The number of Topliss-reactive ketones (excluding diaryl/α,β-unsaturated/α-hetero) is 1. The van der Waals surface area contributed by atoms with E-state index in [2.05, 4.69) is 5.16 Å². The summed E-state index contributed by atoms with van der Waals surface area (Å²) in [6.07, 6.45) is -3.44. The van der Waals surface area contributed by atoms with Crippen molar-refractivity contribution in [1.29, 1.82) is 0 Å². The molecule has 1 heterocycles. The van der Waals surface area contributed by atoms with Crippen LogP contribution in [-0.4, -0.2) is 36.5 Å². The molecule has 0 unspecified atom stereocenters. The van der Waals surface area contributed by atoms with Crippen LogP contribution < -0.4 is 0 Å². The fourth-order valence-electron chi connectivity index (χ4n) is 4.00. The van der Waals surface area contributed by atoms with Gasteiger partial charge in [-0.1, -0.05) is 71.4 Å². The molecule has 0 spiro atoms. The summed E-state index contributed by atoms with van der Waals surface area (Å²) in [6.45, 7) is 0.803. The minimum Gasteiger partial charge on any atom is -0.355 e. The molecule has 0 bridgehead atoms. The van der Waals surface area contributed by atoms with Crippen LogP contribution in [0.4, 0.5) is 13.2 Å². The molecule has 0 fully saturated rings.